The van der Waals surface area contributed by atoms with Crippen LogP contribution in [0.15, 0.2) is 48.5 Å². The molecule has 0 saturated carbocycles. The van der Waals surface area contributed by atoms with Crippen molar-refractivity contribution < 1.29 is 83.6 Å². The number of benzene rings is 3. The summed E-state index contributed by atoms with van der Waals surface area (Å²) in [6, 6.07) is 16.4. The number of hydrogen-bond donors (Lipinski definition) is 1. The van der Waals surface area contributed by atoms with Crippen LogP contribution in [0.25, 0.3) is 11.1 Å². The summed E-state index contributed by atoms with van der Waals surface area (Å²) in [4.78, 5) is 23.9. The minimum atomic E-state index is -2.35. The molecule has 0 aromatic heterocycles. The molecule has 3 aromatic carbocycles. The lowest BCUT2D eigenvalue weighted by molar-refractivity contribution is -0.136. The molecule has 0 fully saturated rings. The van der Waals surface area contributed by atoms with Gasteiger partial charge in [-0.05, 0) is 22.3 Å². The van der Waals surface area contributed by atoms with E-state index in [-0.39, 0.29) is 39.0 Å². The Morgan fingerprint density at radius 1 is 0.459 bits per heavy atom. The lowest BCUT2D eigenvalue weighted by Gasteiger charge is -2.14. The van der Waals surface area contributed by atoms with Crippen LogP contribution in [0, 0.1) is 29.1 Å². The maximum atomic E-state index is 13.6. The Balaban J connectivity index is 0.806. The van der Waals surface area contributed by atoms with Crippen molar-refractivity contribution in [3.8, 4) is 16.9 Å². The molecule has 0 atom stereocenters. The van der Waals surface area contributed by atoms with E-state index in [0.29, 0.717) is 99.0 Å². The quantitative estimate of drug-likeness (QED) is 0.0209. The molecule has 1 amide bonds. The third-order valence-electron chi connectivity index (χ3n) is 8.67. The highest BCUT2D eigenvalue weighted by Gasteiger charge is 2.30. The lowest BCUT2D eigenvalue weighted by Crippen LogP contribution is -2.29. The van der Waals surface area contributed by atoms with Crippen LogP contribution in [0.4, 0.5) is 26.7 Å². The van der Waals surface area contributed by atoms with Gasteiger partial charge in [0.2, 0.25) is 34.8 Å². The van der Waals surface area contributed by atoms with Gasteiger partial charge in [0.05, 0.1) is 125 Å². The van der Waals surface area contributed by atoms with Crippen molar-refractivity contribution >= 4 is 12.1 Å². The van der Waals surface area contributed by atoms with Crippen LogP contribution in [-0.4, -0.2) is 144 Å². The van der Waals surface area contributed by atoms with Gasteiger partial charge in [-0.3, -0.25) is 4.79 Å². The molecule has 0 unspecified atom stereocenters. The zero-order valence-corrected chi connectivity index (χ0v) is 33.7. The fourth-order valence-corrected chi connectivity index (χ4v) is 5.73. The van der Waals surface area contributed by atoms with Gasteiger partial charge in [-0.15, -0.1) is 0 Å². The van der Waals surface area contributed by atoms with Crippen LogP contribution < -0.4 is 10.1 Å². The Kier molecular flexibility index (Phi) is 23.5. The van der Waals surface area contributed by atoms with E-state index in [1.165, 1.54) is 11.1 Å². The van der Waals surface area contributed by atoms with Gasteiger partial charge in [0.25, 0.3) is 0 Å². The van der Waals surface area contributed by atoms with Gasteiger partial charge >= 0.3 is 12.1 Å². The number of ether oxygens (including phenoxy) is 11. The minimum absolute atomic E-state index is 0.0128. The molecule has 4 rings (SSSR count). The number of carbonyl (C=O) groups excluding carboxylic acids is 2. The standard InChI is InChI=1S/C42H52F5NO13/c43-36-37(44)39(46)41(40(47)38(36)45)61-35(49)9-11-51-13-15-53-17-19-55-21-23-57-25-27-59-28-26-58-24-22-56-20-18-54-16-14-52-12-10-48-42(50)60-29-34-32-7-3-1-5-30(32)31-6-2-4-8-33(31)34/h1-8,34H,9-29H2,(H,48,50). The molecule has 3 aromatic rings. The summed E-state index contributed by atoms with van der Waals surface area (Å²) < 4.78 is 125. The number of fused-ring (bicyclic) bond motifs is 3. The van der Waals surface area contributed by atoms with E-state index >= 15 is 0 Å². The molecule has 0 bridgehead atoms. The first-order valence-corrected chi connectivity index (χ1v) is 19.8. The van der Waals surface area contributed by atoms with Gasteiger partial charge in [-0.2, -0.15) is 8.78 Å². The SMILES string of the molecule is O=C(CCOCCOCCOCCOCCOCCOCCOCCOCCOCCNC(=O)OCC1c2ccccc2-c2ccccc21)Oc1c(F)c(F)c(F)c(F)c1F. The number of amides is 1. The second-order valence-corrected chi connectivity index (χ2v) is 12.9. The van der Waals surface area contributed by atoms with E-state index < -0.39 is 53.3 Å². The monoisotopic (exact) mass is 873 g/mol. The van der Waals surface area contributed by atoms with Crippen molar-refractivity contribution in [3.05, 3.63) is 88.7 Å². The Hall–Kier alpha value is -4.31. The van der Waals surface area contributed by atoms with Gasteiger partial charge in [0.15, 0.2) is 0 Å². The van der Waals surface area contributed by atoms with Crippen molar-refractivity contribution in [3.63, 3.8) is 0 Å². The van der Waals surface area contributed by atoms with Gasteiger partial charge in [0, 0.05) is 12.5 Å². The van der Waals surface area contributed by atoms with E-state index in [2.05, 4.69) is 34.3 Å². The second kappa shape index (κ2) is 29.1. The zero-order valence-electron chi connectivity index (χ0n) is 33.7. The average Bonchev–Trinajstić information content (AvgIpc) is 3.59. The van der Waals surface area contributed by atoms with Crippen molar-refractivity contribution in [1.82, 2.24) is 5.32 Å². The molecule has 1 aliphatic rings. The minimum Gasteiger partial charge on any atom is -0.449 e. The molecule has 0 heterocycles. The number of nitrogens with one attached hydrogen (secondary N) is 1. The molecule has 14 nitrogen and oxygen atoms in total. The first-order chi connectivity index (χ1) is 29.8. The van der Waals surface area contributed by atoms with Crippen LogP contribution in [0.1, 0.15) is 23.5 Å². The van der Waals surface area contributed by atoms with E-state index in [1.54, 1.807) is 0 Å². The van der Waals surface area contributed by atoms with Crippen LogP contribution in [0.3, 0.4) is 0 Å². The third kappa shape index (κ3) is 17.5. The molecule has 61 heavy (non-hydrogen) atoms. The summed E-state index contributed by atoms with van der Waals surface area (Å²) >= 11 is 0. The first-order valence-electron chi connectivity index (χ1n) is 19.8. The molecule has 0 spiro atoms. The average molecular weight is 874 g/mol. The summed E-state index contributed by atoms with van der Waals surface area (Å²) in [5, 5.41) is 2.72. The van der Waals surface area contributed by atoms with Crippen LogP contribution in [0.5, 0.6) is 5.75 Å². The Labute approximate surface area is 350 Å². The molecule has 338 valence electrons. The number of esters is 1. The molecule has 0 aliphatic heterocycles. The van der Waals surface area contributed by atoms with Crippen LogP contribution in [-0.2, 0) is 52.2 Å². The molecule has 0 radical (unpaired) electrons. The Morgan fingerprint density at radius 2 is 0.803 bits per heavy atom. The topological polar surface area (TPSA) is 148 Å². The second-order valence-electron chi connectivity index (χ2n) is 12.9. The highest BCUT2D eigenvalue weighted by molar-refractivity contribution is 5.79. The predicted octanol–water partition coefficient (Wildman–Crippen LogP) is 5.37. The lowest BCUT2D eigenvalue weighted by atomic mass is 9.98. The Bertz CT molecular complexity index is 1680. The molecule has 0 saturated heterocycles. The van der Waals surface area contributed by atoms with Crippen LogP contribution >= 0.6 is 0 Å². The van der Waals surface area contributed by atoms with E-state index in [0.717, 1.165) is 11.1 Å². The number of alkyl carbamates (subject to hydrolysis) is 1. The fraction of sp³-hybridized carbons (Fsp3) is 0.524. The zero-order chi connectivity index (χ0) is 43.5. The van der Waals surface area contributed by atoms with Gasteiger partial charge < -0.3 is 57.4 Å². The van der Waals surface area contributed by atoms with Crippen LogP contribution in [0.2, 0.25) is 0 Å². The number of rotatable bonds is 33. The number of carbonyl (C=O) groups is 2. The normalized spacial score (nSPS) is 12.1. The van der Waals surface area contributed by atoms with Crippen molar-refractivity contribution in [2.75, 3.05) is 132 Å². The highest BCUT2D eigenvalue weighted by Crippen LogP contribution is 2.44. The summed E-state index contributed by atoms with van der Waals surface area (Å²) in [6.45, 7) is 6.28. The summed E-state index contributed by atoms with van der Waals surface area (Å²) in [5.41, 5.74) is 4.69. The summed E-state index contributed by atoms with van der Waals surface area (Å²) in [6.07, 6.45) is -0.972. The molecule has 1 N–H and O–H groups in total. The fourth-order valence-electron chi connectivity index (χ4n) is 5.73. The van der Waals surface area contributed by atoms with E-state index in [1.807, 2.05) is 24.3 Å². The summed E-state index contributed by atoms with van der Waals surface area (Å²) in [5.74, 6) is -14.2. The summed E-state index contributed by atoms with van der Waals surface area (Å²) in [7, 11) is 0. The van der Waals surface area contributed by atoms with Gasteiger partial charge in [-0.25, -0.2) is 18.0 Å². The number of hydrogen-bond acceptors (Lipinski definition) is 13. The third-order valence-corrected chi connectivity index (χ3v) is 8.67. The van der Waals surface area contributed by atoms with Crippen molar-refractivity contribution in [1.29, 1.82) is 0 Å². The van der Waals surface area contributed by atoms with E-state index in [9.17, 15) is 31.5 Å². The Morgan fingerprint density at radius 3 is 1.21 bits per heavy atom. The largest absolute Gasteiger partial charge is 0.449 e. The van der Waals surface area contributed by atoms with Crippen molar-refractivity contribution in [2.24, 2.45) is 0 Å². The molecular formula is C42H52F5NO13. The predicted molar refractivity (Wildman–Crippen MR) is 207 cm³/mol. The van der Waals surface area contributed by atoms with Gasteiger partial charge in [-0.1, -0.05) is 48.5 Å². The molecule has 19 heteroatoms. The van der Waals surface area contributed by atoms with Gasteiger partial charge in [0.1, 0.15) is 6.61 Å². The highest BCUT2D eigenvalue weighted by atomic mass is 19.2. The van der Waals surface area contributed by atoms with E-state index in [4.69, 9.17) is 47.4 Å². The molecule has 1 aliphatic carbocycles. The smallest absolute Gasteiger partial charge is 0.407 e. The van der Waals surface area contributed by atoms with Crippen molar-refractivity contribution in [2.45, 2.75) is 12.3 Å². The maximum Gasteiger partial charge on any atom is 0.407 e. The number of halogens is 5. The maximum absolute atomic E-state index is 13.6. The first kappa shape index (κ1) is 49.3. The molecular weight excluding hydrogens is 821 g/mol.